The lowest BCUT2D eigenvalue weighted by molar-refractivity contribution is 0.0767. The quantitative estimate of drug-likeness (QED) is 0.825. The number of halogens is 1. The molecule has 0 amide bonds. The van der Waals surface area contributed by atoms with Crippen molar-refractivity contribution in [2.45, 2.75) is 50.7 Å². The Labute approximate surface area is 105 Å². The maximum atomic E-state index is 5.80. The summed E-state index contributed by atoms with van der Waals surface area (Å²) in [6.07, 6.45) is 8.26. The first kappa shape index (κ1) is 14.2. The first-order chi connectivity index (χ1) is 7.40. The molecular formula is C12H25ClN2O. The smallest absolute Gasteiger partial charge is 0.0588 e. The van der Waals surface area contributed by atoms with E-state index in [0.717, 1.165) is 13.2 Å². The molecule has 0 aromatic rings. The van der Waals surface area contributed by atoms with Crippen LogP contribution in [0.5, 0.6) is 0 Å². The molecule has 2 unspecified atom stereocenters. The van der Waals surface area contributed by atoms with Gasteiger partial charge < -0.3 is 10.5 Å². The van der Waals surface area contributed by atoms with Gasteiger partial charge in [-0.1, -0.05) is 6.42 Å². The summed E-state index contributed by atoms with van der Waals surface area (Å²) in [4.78, 5) is 2.57. The Morgan fingerprint density at radius 1 is 1.19 bits per heavy atom. The molecule has 2 atom stereocenters. The van der Waals surface area contributed by atoms with Gasteiger partial charge in [0.15, 0.2) is 0 Å². The zero-order valence-electron chi connectivity index (χ0n) is 10.1. The van der Waals surface area contributed by atoms with E-state index in [0.29, 0.717) is 12.1 Å². The van der Waals surface area contributed by atoms with Crippen LogP contribution < -0.4 is 5.73 Å². The van der Waals surface area contributed by atoms with Gasteiger partial charge in [0.2, 0.25) is 0 Å². The number of nitrogens with zero attached hydrogens (tertiary/aromatic N) is 1. The Hall–Kier alpha value is 0.170. The van der Waals surface area contributed by atoms with E-state index in [1.165, 1.54) is 51.6 Å². The molecule has 0 bridgehead atoms. The molecule has 4 heteroatoms. The summed E-state index contributed by atoms with van der Waals surface area (Å²) in [5.41, 5.74) is 5.80. The van der Waals surface area contributed by atoms with Crippen molar-refractivity contribution in [2.75, 3.05) is 26.2 Å². The molecule has 0 aromatic carbocycles. The molecule has 2 N–H and O–H groups in total. The minimum atomic E-state index is 0. The van der Waals surface area contributed by atoms with Crippen molar-refractivity contribution in [3.63, 3.8) is 0 Å². The van der Waals surface area contributed by atoms with Crippen molar-refractivity contribution in [1.82, 2.24) is 4.90 Å². The largest absolute Gasteiger partial charge is 0.378 e. The van der Waals surface area contributed by atoms with Gasteiger partial charge in [-0.2, -0.15) is 0 Å². The maximum Gasteiger partial charge on any atom is 0.0588 e. The lowest BCUT2D eigenvalue weighted by atomic mass is 10.0. The maximum absolute atomic E-state index is 5.80. The van der Waals surface area contributed by atoms with Gasteiger partial charge in [0.1, 0.15) is 0 Å². The van der Waals surface area contributed by atoms with Crippen molar-refractivity contribution in [3.8, 4) is 0 Å². The molecule has 2 heterocycles. The van der Waals surface area contributed by atoms with Crippen LogP contribution in [0, 0.1) is 0 Å². The van der Waals surface area contributed by atoms with E-state index < -0.39 is 0 Å². The molecule has 2 aliphatic heterocycles. The van der Waals surface area contributed by atoms with Crippen LogP contribution in [0.3, 0.4) is 0 Å². The fourth-order valence-corrected chi connectivity index (χ4v) is 2.80. The third kappa shape index (κ3) is 3.88. The van der Waals surface area contributed by atoms with Crippen molar-refractivity contribution in [3.05, 3.63) is 0 Å². The second-order valence-corrected chi connectivity index (χ2v) is 4.84. The minimum Gasteiger partial charge on any atom is -0.378 e. The Bertz CT molecular complexity index is 186. The summed E-state index contributed by atoms with van der Waals surface area (Å²) >= 11 is 0. The third-order valence-electron chi connectivity index (χ3n) is 3.78. The molecule has 2 rings (SSSR count). The molecule has 2 fully saturated rings. The van der Waals surface area contributed by atoms with Gasteiger partial charge in [0.05, 0.1) is 6.10 Å². The van der Waals surface area contributed by atoms with E-state index in [4.69, 9.17) is 10.5 Å². The molecule has 0 aromatic heterocycles. The highest BCUT2D eigenvalue weighted by atomic mass is 35.5. The molecule has 3 nitrogen and oxygen atoms in total. The average Bonchev–Trinajstić information content (AvgIpc) is 2.79. The number of nitrogens with two attached hydrogens (primary N) is 1. The van der Waals surface area contributed by atoms with Crippen LogP contribution in [0.25, 0.3) is 0 Å². The number of ether oxygens (including phenoxy) is 1. The normalized spacial score (nSPS) is 31.3. The van der Waals surface area contributed by atoms with E-state index in [1.54, 1.807) is 0 Å². The first-order valence-corrected chi connectivity index (χ1v) is 6.46. The van der Waals surface area contributed by atoms with Crippen LogP contribution in [0.2, 0.25) is 0 Å². The molecule has 2 saturated heterocycles. The van der Waals surface area contributed by atoms with Gasteiger partial charge in [-0.3, -0.25) is 4.90 Å². The SMILES string of the molecule is Cl.NCC1CCCCN1CCC1CCCO1. The van der Waals surface area contributed by atoms with Crippen LogP contribution in [0.1, 0.15) is 38.5 Å². The predicted molar refractivity (Wildman–Crippen MR) is 69.1 cm³/mol. The predicted octanol–water partition coefficient (Wildman–Crippen LogP) is 1.79. The number of hydrogen-bond donors (Lipinski definition) is 1. The fourth-order valence-electron chi connectivity index (χ4n) is 2.80. The third-order valence-corrected chi connectivity index (χ3v) is 3.78. The topological polar surface area (TPSA) is 38.5 Å². The Morgan fingerprint density at radius 2 is 2.06 bits per heavy atom. The van der Waals surface area contributed by atoms with E-state index in [9.17, 15) is 0 Å². The van der Waals surface area contributed by atoms with Gasteiger partial charge >= 0.3 is 0 Å². The monoisotopic (exact) mass is 248 g/mol. The van der Waals surface area contributed by atoms with Gasteiger partial charge in [-0.15, -0.1) is 12.4 Å². The van der Waals surface area contributed by atoms with Crippen LogP contribution >= 0.6 is 12.4 Å². The zero-order chi connectivity index (χ0) is 10.5. The van der Waals surface area contributed by atoms with E-state index in [1.807, 2.05) is 0 Å². The summed E-state index contributed by atoms with van der Waals surface area (Å²) in [6, 6.07) is 0.639. The summed E-state index contributed by atoms with van der Waals surface area (Å²) in [6.45, 7) is 4.23. The Balaban J connectivity index is 0.00000128. The molecule has 0 spiro atoms. The second-order valence-electron chi connectivity index (χ2n) is 4.84. The van der Waals surface area contributed by atoms with Gasteiger partial charge in [-0.25, -0.2) is 0 Å². The van der Waals surface area contributed by atoms with Crippen LogP contribution in [-0.2, 0) is 4.74 Å². The summed E-state index contributed by atoms with van der Waals surface area (Å²) in [5, 5.41) is 0. The Kier molecular flexibility index (Phi) is 6.66. The minimum absolute atomic E-state index is 0. The number of piperidine rings is 1. The molecule has 0 saturated carbocycles. The molecule has 0 aliphatic carbocycles. The van der Waals surface area contributed by atoms with Crippen LogP contribution in [0.15, 0.2) is 0 Å². The Morgan fingerprint density at radius 3 is 2.75 bits per heavy atom. The summed E-state index contributed by atoms with van der Waals surface area (Å²) in [7, 11) is 0. The standard InChI is InChI=1S/C12H24N2O.ClH/c13-10-11-4-1-2-7-14(11)8-6-12-5-3-9-15-12;/h11-12H,1-10,13H2;1H. The van der Waals surface area contributed by atoms with Crippen LogP contribution in [0.4, 0.5) is 0 Å². The fraction of sp³-hybridized carbons (Fsp3) is 1.00. The summed E-state index contributed by atoms with van der Waals surface area (Å²) in [5.74, 6) is 0. The molecule has 2 aliphatic rings. The van der Waals surface area contributed by atoms with E-state index >= 15 is 0 Å². The second kappa shape index (κ2) is 7.49. The van der Waals surface area contributed by atoms with Crippen molar-refractivity contribution < 1.29 is 4.74 Å². The van der Waals surface area contributed by atoms with Gasteiger partial charge in [0.25, 0.3) is 0 Å². The number of likely N-dealkylation sites (tertiary alicyclic amines) is 1. The van der Waals surface area contributed by atoms with Crippen molar-refractivity contribution >= 4 is 12.4 Å². The van der Waals surface area contributed by atoms with Gasteiger partial charge in [0, 0.05) is 25.7 Å². The lowest BCUT2D eigenvalue weighted by Crippen LogP contribution is -2.45. The molecule has 96 valence electrons. The summed E-state index contributed by atoms with van der Waals surface area (Å²) < 4.78 is 5.65. The van der Waals surface area contributed by atoms with Crippen molar-refractivity contribution in [1.29, 1.82) is 0 Å². The van der Waals surface area contributed by atoms with E-state index in [2.05, 4.69) is 4.90 Å². The zero-order valence-corrected chi connectivity index (χ0v) is 10.9. The highest BCUT2D eigenvalue weighted by Gasteiger charge is 2.23. The molecule has 0 radical (unpaired) electrons. The lowest BCUT2D eigenvalue weighted by Gasteiger charge is -2.35. The van der Waals surface area contributed by atoms with Gasteiger partial charge in [-0.05, 0) is 38.6 Å². The first-order valence-electron chi connectivity index (χ1n) is 6.46. The van der Waals surface area contributed by atoms with E-state index in [-0.39, 0.29) is 12.4 Å². The molecular weight excluding hydrogens is 224 g/mol. The number of hydrogen-bond acceptors (Lipinski definition) is 3. The average molecular weight is 249 g/mol. The highest BCUT2D eigenvalue weighted by Crippen LogP contribution is 2.20. The number of rotatable bonds is 4. The highest BCUT2D eigenvalue weighted by molar-refractivity contribution is 5.85. The van der Waals surface area contributed by atoms with Crippen molar-refractivity contribution in [2.24, 2.45) is 5.73 Å². The molecule has 16 heavy (non-hydrogen) atoms. The van der Waals surface area contributed by atoms with Crippen LogP contribution in [-0.4, -0.2) is 43.3 Å².